The molecule has 1 atom stereocenters. The number of rotatable bonds is 4. The Labute approximate surface area is 141 Å². The Morgan fingerprint density at radius 2 is 2.12 bits per heavy atom. The number of carbonyl (C=O) groups is 1. The fourth-order valence-electron chi connectivity index (χ4n) is 3.05. The number of piperidine rings is 1. The van der Waals surface area contributed by atoms with E-state index in [9.17, 15) is 4.79 Å². The summed E-state index contributed by atoms with van der Waals surface area (Å²) >= 11 is 0. The van der Waals surface area contributed by atoms with E-state index in [0.29, 0.717) is 34.4 Å². The van der Waals surface area contributed by atoms with Crippen molar-refractivity contribution in [3.8, 4) is 22.8 Å². The van der Waals surface area contributed by atoms with E-state index in [-0.39, 0.29) is 5.91 Å². The number of nitrogens with zero attached hydrogens (tertiary/aromatic N) is 2. The predicted molar refractivity (Wildman–Crippen MR) is 89.3 cm³/mol. The molecule has 1 amide bonds. The lowest BCUT2D eigenvalue weighted by molar-refractivity contribution is 0.0672. The molecule has 0 radical (unpaired) electrons. The van der Waals surface area contributed by atoms with E-state index in [1.807, 2.05) is 4.90 Å². The van der Waals surface area contributed by atoms with Gasteiger partial charge in [0.25, 0.3) is 5.91 Å². The van der Waals surface area contributed by atoms with E-state index < -0.39 is 0 Å². The van der Waals surface area contributed by atoms with Gasteiger partial charge in [-0.1, -0.05) is 12.1 Å². The Hall–Kier alpha value is -2.50. The van der Waals surface area contributed by atoms with E-state index in [0.717, 1.165) is 25.9 Å². The summed E-state index contributed by atoms with van der Waals surface area (Å²) in [6.07, 6.45) is 2.19. The first-order chi connectivity index (χ1) is 11.6. The van der Waals surface area contributed by atoms with Gasteiger partial charge >= 0.3 is 0 Å². The molecule has 0 unspecified atom stereocenters. The van der Waals surface area contributed by atoms with E-state index >= 15 is 0 Å². The minimum atomic E-state index is -0.0848. The van der Waals surface area contributed by atoms with E-state index in [1.165, 1.54) is 0 Å². The third-order valence-electron chi connectivity index (χ3n) is 4.35. The van der Waals surface area contributed by atoms with Gasteiger partial charge in [0.05, 0.1) is 19.8 Å². The molecule has 0 N–H and O–H groups in total. The molecule has 0 aliphatic carbocycles. The molecule has 0 saturated carbocycles. The second-order valence-electron chi connectivity index (χ2n) is 6.14. The van der Waals surface area contributed by atoms with Crippen molar-refractivity contribution >= 4 is 5.91 Å². The van der Waals surface area contributed by atoms with Crippen LogP contribution in [0.1, 0.15) is 30.3 Å². The molecule has 1 aromatic heterocycles. The van der Waals surface area contributed by atoms with Crippen LogP contribution >= 0.6 is 0 Å². The highest BCUT2D eigenvalue weighted by Gasteiger charge is 2.25. The molecule has 6 heteroatoms. The van der Waals surface area contributed by atoms with Gasteiger partial charge in [-0.2, -0.15) is 0 Å². The molecule has 1 aliphatic heterocycles. The van der Waals surface area contributed by atoms with Crippen molar-refractivity contribution in [2.75, 3.05) is 27.3 Å². The number of amides is 1. The molecular formula is C18H22N2O4. The predicted octanol–water partition coefficient (Wildman–Crippen LogP) is 3.23. The molecule has 1 fully saturated rings. The Balaban J connectivity index is 1.86. The SMILES string of the molecule is COc1ccc(OC)c(-c2cc(C(=O)N3CCC[C@H](C)C3)no2)c1. The number of ether oxygens (including phenoxy) is 2. The van der Waals surface area contributed by atoms with E-state index in [2.05, 4.69) is 12.1 Å². The first-order valence-corrected chi connectivity index (χ1v) is 8.10. The molecule has 1 saturated heterocycles. The van der Waals surface area contributed by atoms with Crippen molar-refractivity contribution in [2.45, 2.75) is 19.8 Å². The number of carbonyl (C=O) groups excluding carboxylic acids is 1. The molecule has 1 aromatic carbocycles. The summed E-state index contributed by atoms with van der Waals surface area (Å²) in [5.74, 6) is 2.24. The molecular weight excluding hydrogens is 308 g/mol. The summed E-state index contributed by atoms with van der Waals surface area (Å²) in [5.41, 5.74) is 1.03. The molecule has 128 valence electrons. The van der Waals surface area contributed by atoms with Gasteiger partial charge in [0.2, 0.25) is 0 Å². The Morgan fingerprint density at radius 1 is 1.29 bits per heavy atom. The zero-order valence-corrected chi connectivity index (χ0v) is 14.2. The van der Waals surface area contributed by atoms with Crippen molar-refractivity contribution in [1.82, 2.24) is 10.1 Å². The van der Waals surface area contributed by atoms with Gasteiger partial charge < -0.3 is 18.9 Å². The van der Waals surface area contributed by atoms with Crippen LogP contribution in [0.2, 0.25) is 0 Å². The summed E-state index contributed by atoms with van der Waals surface area (Å²) in [4.78, 5) is 14.5. The van der Waals surface area contributed by atoms with Crippen molar-refractivity contribution in [3.05, 3.63) is 30.0 Å². The van der Waals surface area contributed by atoms with Crippen LogP contribution in [0.15, 0.2) is 28.8 Å². The van der Waals surface area contributed by atoms with Crippen LogP contribution in [0.4, 0.5) is 0 Å². The highest BCUT2D eigenvalue weighted by Crippen LogP contribution is 2.34. The smallest absolute Gasteiger partial charge is 0.276 e. The van der Waals surface area contributed by atoms with Crippen molar-refractivity contribution < 1.29 is 18.8 Å². The van der Waals surface area contributed by atoms with Crippen LogP contribution in [0.5, 0.6) is 11.5 Å². The van der Waals surface area contributed by atoms with Gasteiger partial charge in [-0.15, -0.1) is 0 Å². The quantitative estimate of drug-likeness (QED) is 0.861. The van der Waals surface area contributed by atoms with Gasteiger partial charge in [0, 0.05) is 19.2 Å². The largest absolute Gasteiger partial charge is 0.497 e. The Morgan fingerprint density at radius 3 is 2.83 bits per heavy atom. The number of likely N-dealkylation sites (tertiary alicyclic amines) is 1. The van der Waals surface area contributed by atoms with Crippen molar-refractivity contribution in [2.24, 2.45) is 5.92 Å². The minimum absolute atomic E-state index is 0.0848. The average molecular weight is 330 g/mol. The zero-order valence-electron chi connectivity index (χ0n) is 14.2. The summed E-state index contributed by atoms with van der Waals surface area (Å²) in [7, 11) is 3.18. The fraction of sp³-hybridized carbons (Fsp3) is 0.444. The van der Waals surface area contributed by atoms with Gasteiger partial charge in [-0.25, -0.2) is 0 Å². The Kier molecular flexibility index (Phi) is 4.74. The first kappa shape index (κ1) is 16.4. The summed E-state index contributed by atoms with van der Waals surface area (Å²) in [5, 5.41) is 3.96. The number of aromatic nitrogens is 1. The van der Waals surface area contributed by atoms with Crippen LogP contribution in [-0.4, -0.2) is 43.3 Å². The van der Waals surface area contributed by atoms with Crippen LogP contribution < -0.4 is 9.47 Å². The number of hydrogen-bond acceptors (Lipinski definition) is 5. The molecule has 2 aromatic rings. The zero-order chi connectivity index (χ0) is 17.1. The molecule has 2 heterocycles. The van der Waals surface area contributed by atoms with Gasteiger partial charge in [-0.05, 0) is 37.0 Å². The highest BCUT2D eigenvalue weighted by molar-refractivity contribution is 5.93. The van der Waals surface area contributed by atoms with Crippen molar-refractivity contribution in [1.29, 1.82) is 0 Å². The third kappa shape index (κ3) is 3.22. The van der Waals surface area contributed by atoms with Crippen LogP contribution in [0, 0.1) is 5.92 Å². The molecule has 3 rings (SSSR count). The molecule has 24 heavy (non-hydrogen) atoms. The van der Waals surface area contributed by atoms with Crippen molar-refractivity contribution in [3.63, 3.8) is 0 Å². The molecule has 6 nitrogen and oxygen atoms in total. The fourth-order valence-corrected chi connectivity index (χ4v) is 3.05. The van der Waals surface area contributed by atoms with E-state index in [4.69, 9.17) is 14.0 Å². The number of methoxy groups -OCH3 is 2. The maximum absolute atomic E-state index is 12.6. The Bertz CT molecular complexity index is 726. The summed E-state index contributed by atoms with van der Waals surface area (Å²) < 4.78 is 16.0. The lowest BCUT2D eigenvalue weighted by Crippen LogP contribution is -2.39. The topological polar surface area (TPSA) is 64.8 Å². The maximum atomic E-state index is 12.6. The van der Waals surface area contributed by atoms with E-state index in [1.54, 1.807) is 38.5 Å². The van der Waals surface area contributed by atoms with Crippen LogP contribution in [-0.2, 0) is 0 Å². The van der Waals surface area contributed by atoms with Gasteiger partial charge in [0.15, 0.2) is 11.5 Å². The number of benzene rings is 1. The summed E-state index contributed by atoms with van der Waals surface area (Å²) in [6, 6.07) is 7.07. The first-order valence-electron chi connectivity index (χ1n) is 8.10. The molecule has 0 spiro atoms. The monoisotopic (exact) mass is 330 g/mol. The molecule has 1 aliphatic rings. The van der Waals surface area contributed by atoms with Gasteiger partial charge in [0.1, 0.15) is 11.5 Å². The lowest BCUT2D eigenvalue weighted by atomic mass is 10.00. The standard InChI is InChI=1S/C18H22N2O4/c1-12-5-4-8-20(11-12)18(21)15-10-17(24-19-15)14-9-13(22-2)6-7-16(14)23-3/h6-7,9-10,12H,4-5,8,11H2,1-3H3/t12-/m0/s1. The third-order valence-corrected chi connectivity index (χ3v) is 4.35. The number of hydrogen-bond donors (Lipinski definition) is 0. The van der Waals surface area contributed by atoms with Gasteiger partial charge in [-0.3, -0.25) is 4.79 Å². The summed E-state index contributed by atoms with van der Waals surface area (Å²) in [6.45, 7) is 3.70. The normalized spacial score (nSPS) is 17.6. The second kappa shape index (κ2) is 6.95. The van der Waals surface area contributed by atoms with Crippen LogP contribution in [0.3, 0.4) is 0 Å². The molecule has 0 bridgehead atoms. The lowest BCUT2D eigenvalue weighted by Gasteiger charge is -2.30. The average Bonchev–Trinajstić information content (AvgIpc) is 3.10. The minimum Gasteiger partial charge on any atom is -0.497 e. The second-order valence-corrected chi connectivity index (χ2v) is 6.14. The van der Waals surface area contributed by atoms with Crippen LogP contribution in [0.25, 0.3) is 11.3 Å². The maximum Gasteiger partial charge on any atom is 0.276 e. The highest BCUT2D eigenvalue weighted by atomic mass is 16.5.